The maximum atomic E-state index is 5.62. The second kappa shape index (κ2) is 12.4. The van der Waals surface area contributed by atoms with Crippen LogP contribution in [0.3, 0.4) is 0 Å². The molecule has 2 aromatic rings. The Morgan fingerprint density at radius 2 is 1.73 bits per heavy atom. The van der Waals surface area contributed by atoms with Crippen LogP contribution in [0.25, 0.3) is 0 Å². The second-order valence-electron chi connectivity index (χ2n) is 5.45. The molecule has 0 aliphatic rings. The first kappa shape index (κ1) is 22.1. The Morgan fingerprint density at radius 1 is 0.962 bits per heavy atom. The molecular weight excluding hydrogens is 441 g/mol. The molecule has 0 saturated carbocycles. The van der Waals surface area contributed by atoms with Gasteiger partial charge < -0.3 is 20.1 Å². The largest absolute Gasteiger partial charge is 0.493 e. The van der Waals surface area contributed by atoms with E-state index >= 15 is 0 Å². The van der Waals surface area contributed by atoms with Gasteiger partial charge in [-0.25, -0.2) is 4.99 Å². The molecule has 0 radical (unpaired) electrons. The Hall–Kier alpha value is -1.96. The van der Waals surface area contributed by atoms with Gasteiger partial charge in [0.15, 0.2) is 17.5 Å². The third-order valence-electron chi connectivity index (χ3n) is 3.59. The van der Waals surface area contributed by atoms with Crippen LogP contribution in [0.5, 0.6) is 11.5 Å². The minimum Gasteiger partial charge on any atom is -0.493 e. The summed E-state index contributed by atoms with van der Waals surface area (Å²) in [6.07, 6.45) is 0. The molecule has 0 spiro atoms. The van der Waals surface area contributed by atoms with Gasteiger partial charge in [0.05, 0.1) is 20.3 Å². The van der Waals surface area contributed by atoms with E-state index in [1.165, 1.54) is 5.56 Å². The predicted octanol–water partition coefficient (Wildman–Crippen LogP) is 3.97. The molecular formula is C20H28IN3O2. The van der Waals surface area contributed by atoms with Crippen LogP contribution in [-0.4, -0.2) is 26.2 Å². The van der Waals surface area contributed by atoms with E-state index in [2.05, 4.69) is 34.7 Å². The van der Waals surface area contributed by atoms with Crippen molar-refractivity contribution in [3.63, 3.8) is 0 Å². The molecule has 0 fully saturated rings. The van der Waals surface area contributed by atoms with Gasteiger partial charge in [-0.05, 0) is 37.1 Å². The van der Waals surface area contributed by atoms with Crippen LogP contribution < -0.4 is 20.1 Å². The number of halogens is 1. The summed E-state index contributed by atoms with van der Waals surface area (Å²) in [7, 11) is 1.65. The summed E-state index contributed by atoms with van der Waals surface area (Å²) in [6, 6.07) is 16.2. The number of methoxy groups -OCH3 is 1. The van der Waals surface area contributed by atoms with Gasteiger partial charge in [-0.1, -0.05) is 36.4 Å². The summed E-state index contributed by atoms with van der Waals surface area (Å²) >= 11 is 0. The van der Waals surface area contributed by atoms with Crippen molar-refractivity contribution in [3.8, 4) is 11.5 Å². The average Bonchev–Trinajstić information content (AvgIpc) is 2.65. The lowest BCUT2D eigenvalue weighted by Crippen LogP contribution is -2.36. The number of aliphatic imine (C=N–C) groups is 1. The molecule has 0 atom stereocenters. The molecule has 0 aliphatic carbocycles. The summed E-state index contributed by atoms with van der Waals surface area (Å²) in [5, 5.41) is 6.62. The number of nitrogens with zero attached hydrogens (tertiary/aromatic N) is 1. The molecule has 0 aliphatic heterocycles. The Bertz CT molecular complexity index is 678. The van der Waals surface area contributed by atoms with Gasteiger partial charge in [0.2, 0.25) is 0 Å². The summed E-state index contributed by atoms with van der Waals surface area (Å²) < 4.78 is 10.9. The Kier molecular flexibility index (Phi) is 10.5. The molecule has 2 N–H and O–H groups in total. The van der Waals surface area contributed by atoms with E-state index in [0.717, 1.165) is 36.1 Å². The Balaban J connectivity index is 0.00000338. The van der Waals surface area contributed by atoms with Gasteiger partial charge in [-0.2, -0.15) is 0 Å². The van der Waals surface area contributed by atoms with Crippen LogP contribution in [0.15, 0.2) is 53.5 Å². The molecule has 5 nitrogen and oxygen atoms in total. The molecule has 2 rings (SSSR count). The van der Waals surface area contributed by atoms with Crippen LogP contribution in [-0.2, 0) is 13.1 Å². The topological polar surface area (TPSA) is 54.9 Å². The summed E-state index contributed by atoms with van der Waals surface area (Å²) in [6.45, 7) is 6.73. The standard InChI is InChI=1S/C20H27N3O2.HI/c1-4-21-20(22-14-16-9-7-6-8-10-16)23-15-17-11-12-18(24-3)19(13-17)25-5-2;/h6-13H,4-5,14-15H2,1-3H3,(H2,21,22,23);1H. The van der Waals surface area contributed by atoms with E-state index in [1.807, 2.05) is 43.3 Å². The molecule has 142 valence electrons. The smallest absolute Gasteiger partial charge is 0.191 e. The van der Waals surface area contributed by atoms with Gasteiger partial charge in [-0.15, -0.1) is 24.0 Å². The predicted molar refractivity (Wildman–Crippen MR) is 118 cm³/mol. The van der Waals surface area contributed by atoms with Crippen LogP contribution in [0.4, 0.5) is 0 Å². The van der Waals surface area contributed by atoms with Gasteiger partial charge in [0, 0.05) is 13.1 Å². The quantitative estimate of drug-likeness (QED) is 0.349. The molecule has 2 aromatic carbocycles. The average molecular weight is 469 g/mol. The van der Waals surface area contributed by atoms with E-state index in [-0.39, 0.29) is 24.0 Å². The van der Waals surface area contributed by atoms with Gasteiger partial charge >= 0.3 is 0 Å². The van der Waals surface area contributed by atoms with Crippen molar-refractivity contribution in [1.29, 1.82) is 0 Å². The van der Waals surface area contributed by atoms with Gasteiger partial charge in [-0.3, -0.25) is 0 Å². The molecule has 0 heterocycles. The maximum absolute atomic E-state index is 5.62. The number of benzene rings is 2. The first-order valence-corrected chi connectivity index (χ1v) is 8.62. The van der Waals surface area contributed by atoms with Crippen molar-refractivity contribution in [1.82, 2.24) is 10.6 Å². The zero-order valence-corrected chi connectivity index (χ0v) is 17.9. The normalized spacial score (nSPS) is 10.7. The molecule has 0 amide bonds. The number of nitrogens with one attached hydrogen (secondary N) is 2. The minimum atomic E-state index is 0. The highest BCUT2D eigenvalue weighted by atomic mass is 127. The zero-order chi connectivity index (χ0) is 17.9. The van der Waals surface area contributed by atoms with Crippen LogP contribution in [0.2, 0.25) is 0 Å². The number of guanidine groups is 1. The lowest BCUT2D eigenvalue weighted by Gasteiger charge is -2.12. The lowest BCUT2D eigenvalue weighted by molar-refractivity contribution is 0.310. The Morgan fingerprint density at radius 3 is 2.38 bits per heavy atom. The van der Waals surface area contributed by atoms with Crippen molar-refractivity contribution in [2.75, 3.05) is 20.3 Å². The van der Waals surface area contributed by atoms with E-state index in [4.69, 9.17) is 9.47 Å². The molecule has 0 saturated heterocycles. The number of rotatable bonds is 8. The van der Waals surface area contributed by atoms with Gasteiger partial charge in [0.25, 0.3) is 0 Å². The third-order valence-corrected chi connectivity index (χ3v) is 3.59. The molecule has 0 bridgehead atoms. The van der Waals surface area contributed by atoms with Crippen molar-refractivity contribution in [2.24, 2.45) is 4.99 Å². The zero-order valence-electron chi connectivity index (χ0n) is 15.6. The van der Waals surface area contributed by atoms with Crippen LogP contribution in [0, 0.1) is 0 Å². The fourth-order valence-electron chi connectivity index (χ4n) is 2.38. The number of hydrogen-bond donors (Lipinski definition) is 2. The highest BCUT2D eigenvalue weighted by molar-refractivity contribution is 14.0. The van der Waals surface area contributed by atoms with Crippen molar-refractivity contribution in [3.05, 3.63) is 59.7 Å². The first-order valence-electron chi connectivity index (χ1n) is 8.62. The van der Waals surface area contributed by atoms with E-state index in [0.29, 0.717) is 13.2 Å². The minimum absolute atomic E-state index is 0. The Labute approximate surface area is 173 Å². The lowest BCUT2D eigenvalue weighted by atomic mass is 10.2. The van der Waals surface area contributed by atoms with E-state index in [9.17, 15) is 0 Å². The van der Waals surface area contributed by atoms with E-state index in [1.54, 1.807) is 7.11 Å². The molecule has 0 unspecified atom stereocenters. The molecule has 26 heavy (non-hydrogen) atoms. The number of ether oxygens (including phenoxy) is 2. The van der Waals surface area contributed by atoms with Crippen LogP contribution in [0.1, 0.15) is 25.0 Å². The second-order valence-corrected chi connectivity index (χ2v) is 5.45. The van der Waals surface area contributed by atoms with Crippen LogP contribution >= 0.6 is 24.0 Å². The maximum Gasteiger partial charge on any atom is 0.191 e. The van der Waals surface area contributed by atoms with Crippen molar-refractivity contribution < 1.29 is 9.47 Å². The SMILES string of the molecule is CCNC(=NCc1ccc(OC)c(OCC)c1)NCc1ccccc1.I. The van der Waals surface area contributed by atoms with Gasteiger partial charge in [0.1, 0.15) is 0 Å². The van der Waals surface area contributed by atoms with E-state index < -0.39 is 0 Å². The summed E-state index contributed by atoms with van der Waals surface area (Å²) in [4.78, 5) is 4.65. The third kappa shape index (κ3) is 7.11. The summed E-state index contributed by atoms with van der Waals surface area (Å²) in [5.41, 5.74) is 2.29. The molecule has 6 heteroatoms. The summed E-state index contributed by atoms with van der Waals surface area (Å²) in [5.74, 6) is 2.28. The number of hydrogen-bond acceptors (Lipinski definition) is 3. The fraction of sp³-hybridized carbons (Fsp3) is 0.350. The highest BCUT2D eigenvalue weighted by Gasteiger charge is 2.05. The van der Waals surface area contributed by atoms with Crippen molar-refractivity contribution in [2.45, 2.75) is 26.9 Å². The molecule has 0 aromatic heterocycles. The fourth-order valence-corrected chi connectivity index (χ4v) is 2.38. The monoisotopic (exact) mass is 469 g/mol. The highest BCUT2D eigenvalue weighted by Crippen LogP contribution is 2.28. The van der Waals surface area contributed by atoms with Crippen molar-refractivity contribution >= 4 is 29.9 Å². The first-order chi connectivity index (χ1) is 12.3.